The lowest BCUT2D eigenvalue weighted by atomic mass is 9.95. The molecule has 1 aromatic carbocycles. The van der Waals surface area contributed by atoms with Gasteiger partial charge in [-0.3, -0.25) is 4.79 Å². The molecule has 0 radical (unpaired) electrons. The molecule has 3 rings (SSSR count). The van der Waals surface area contributed by atoms with Crippen LogP contribution in [0.5, 0.6) is 5.75 Å². The summed E-state index contributed by atoms with van der Waals surface area (Å²) in [6, 6.07) is 7.97. The molecular formula is C15H21ClN2O2. The molecule has 1 amide bonds. The quantitative estimate of drug-likeness (QED) is 0.899. The van der Waals surface area contributed by atoms with Crippen LogP contribution < -0.4 is 10.5 Å². The minimum absolute atomic E-state index is 0. The number of nitrogens with zero attached hydrogens (tertiary/aromatic N) is 1. The van der Waals surface area contributed by atoms with Gasteiger partial charge in [0, 0.05) is 13.1 Å². The standard InChI is InChI=1S/C15H20N2O2.ClH/c16-8-11-5-6-17(9-11)15(18)13-7-12-3-1-2-4-14(12)19-10-13;/h1-4,11,13H,5-10,16H2;1H. The van der Waals surface area contributed by atoms with Gasteiger partial charge in [0.1, 0.15) is 12.4 Å². The first-order valence-corrected chi connectivity index (χ1v) is 6.97. The second kappa shape index (κ2) is 6.46. The molecule has 0 saturated carbocycles. The van der Waals surface area contributed by atoms with E-state index in [1.54, 1.807) is 0 Å². The van der Waals surface area contributed by atoms with E-state index in [-0.39, 0.29) is 24.2 Å². The Hall–Kier alpha value is -1.26. The van der Waals surface area contributed by atoms with Gasteiger partial charge in [-0.1, -0.05) is 18.2 Å². The summed E-state index contributed by atoms with van der Waals surface area (Å²) in [7, 11) is 0. The van der Waals surface area contributed by atoms with Crippen LogP contribution in [0.25, 0.3) is 0 Å². The lowest BCUT2D eigenvalue weighted by Gasteiger charge is -2.28. The van der Waals surface area contributed by atoms with Gasteiger partial charge in [-0.05, 0) is 36.9 Å². The van der Waals surface area contributed by atoms with E-state index in [9.17, 15) is 4.79 Å². The fraction of sp³-hybridized carbons (Fsp3) is 0.533. The maximum absolute atomic E-state index is 12.5. The van der Waals surface area contributed by atoms with Gasteiger partial charge in [0.25, 0.3) is 0 Å². The number of para-hydroxylation sites is 1. The zero-order chi connectivity index (χ0) is 13.2. The van der Waals surface area contributed by atoms with Crippen molar-refractivity contribution in [2.45, 2.75) is 12.8 Å². The van der Waals surface area contributed by atoms with E-state index in [0.29, 0.717) is 19.1 Å². The first kappa shape index (κ1) is 15.1. The summed E-state index contributed by atoms with van der Waals surface area (Å²) in [6.07, 6.45) is 1.82. The Bertz CT molecular complexity index is 481. The van der Waals surface area contributed by atoms with Crippen LogP contribution in [0.1, 0.15) is 12.0 Å². The summed E-state index contributed by atoms with van der Waals surface area (Å²) < 4.78 is 5.70. The molecule has 0 aliphatic carbocycles. The number of carbonyl (C=O) groups excluding carboxylic acids is 1. The van der Waals surface area contributed by atoms with Crippen LogP contribution in [0.3, 0.4) is 0 Å². The number of likely N-dealkylation sites (tertiary alicyclic amines) is 1. The number of benzene rings is 1. The van der Waals surface area contributed by atoms with Gasteiger partial charge in [0.05, 0.1) is 5.92 Å². The Morgan fingerprint density at radius 2 is 2.20 bits per heavy atom. The van der Waals surface area contributed by atoms with E-state index in [2.05, 4.69) is 0 Å². The van der Waals surface area contributed by atoms with Crippen molar-refractivity contribution in [1.82, 2.24) is 4.90 Å². The molecule has 0 aromatic heterocycles. The van der Waals surface area contributed by atoms with Crippen LogP contribution in [-0.4, -0.2) is 37.0 Å². The maximum Gasteiger partial charge on any atom is 0.229 e. The highest BCUT2D eigenvalue weighted by Gasteiger charge is 2.33. The Labute approximate surface area is 125 Å². The molecule has 5 heteroatoms. The molecule has 2 aliphatic heterocycles. The molecule has 1 aromatic rings. The number of rotatable bonds is 2. The van der Waals surface area contributed by atoms with Gasteiger partial charge in [-0.2, -0.15) is 0 Å². The number of nitrogens with two attached hydrogens (primary N) is 1. The summed E-state index contributed by atoms with van der Waals surface area (Å²) in [4.78, 5) is 14.4. The van der Waals surface area contributed by atoms with Gasteiger partial charge in [0.15, 0.2) is 0 Å². The Morgan fingerprint density at radius 1 is 1.40 bits per heavy atom. The summed E-state index contributed by atoms with van der Waals surface area (Å²) >= 11 is 0. The second-order valence-electron chi connectivity index (χ2n) is 5.49. The number of hydrogen-bond acceptors (Lipinski definition) is 3. The van der Waals surface area contributed by atoms with Crippen molar-refractivity contribution in [3.8, 4) is 5.75 Å². The fourth-order valence-corrected chi connectivity index (χ4v) is 2.97. The number of ether oxygens (including phenoxy) is 1. The highest BCUT2D eigenvalue weighted by atomic mass is 35.5. The largest absolute Gasteiger partial charge is 0.492 e. The minimum Gasteiger partial charge on any atom is -0.492 e. The van der Waals surface area contributed by atoms with Crippen LogP contribution in [0.4, 0.5) is 0 Å². The van der Waals surface area contributed by atoms with E-state index in [1.807, 2.05) is 29.2 Å². The number of fused-ring (bicyclic) bond motifs is 1. The molecule has 0 spiro atoms. The smallest absolute Gasteiger partial charge is 0.229 e. The SMILES string of the molecule is Cl.NCC1CCN(C(=O)C2COc3ccccc3C2)C1. The average molecular weight is 297 g/mol. The third-order valence-electron chi connectivity index (χ3n) is 4.16. The first-order valence-electron chi connectivity index (χ1n) is 6.97. The van der Waals surface area contributed by atoms with Crippen LogP contribution in [-0.2, 0) is 11.2 Å². The topological polar surface area (TPSA) is 55.6 Å². The van der Waals surface area contributed by atoms with Gasteiger partial charge in [0.2, 0.25) is 5.91 Å². The van der Waals surface area contributed by atoms with E-state index >= 15 is 0 Å². The van der Waals surface area contributed by atoms with Gasteiger partial charge >= 0.3 is 0 Å². The predicted molar refractivity (Wildman–Crippen MR) is 80.1 cm³/mol. The summed E-state index contributed by atoms with van der Waals surface area (Å²) in [5.74, 6) is 1.59. The van der Waals surface area contributed by atoms with Crippen LogP contribution in [0, 0.1) is 11.8 Å². The molecular weight excluding hydrogens is 276 g/mol. The van der Waals surface area contributed by atoms with Crippen molar-refractivity contribution >= 4 is 18.3 Å². The molecule has 2 N–H and O–H groups in total. The van der Waals surface area contributed by atoms with E-state index in [1.165, 1.54) is 0 Å². The lowest BCUT2D eigenvalue weighted by molar-refractivity contribution is -0.135. The zero-order valence-corrected chi connectivity index (χ0v) is 12.3. The number of halogens is 1. The fourth-order valence-electron chi connectivity index (χ4n) is 2.97. The van der Waals surface area contributed by atoms with Gasteiger partial charge < -0.3 is 15.4 Å². The monoisotopic (exact) mass is 296 g/mol. The third-order valence-corrected chi connectivity index (χ3v) is 4.16. The second-order valence-corrected chi connectivity index (χ2v) is 5.49. The predicted octanol–water partition coefficient (Wildman–Crippen LogP) is 1.47. The molecule has 2 atom stereocenters. The molecule has 4 nitrogen and oxygen atoms in total. The lowest BCUT2D eigenvalue weighted by Crippen LogP contribution is -2.40. The first-order chi connectivity index (χ1) is 9.28. The van der Waals surface area contributed by atoms with Crippen molar-refractivity contribution in [2.24, 2.45) is 17.6 Å². The van der Waals surface area contributed by atoms with E-state index in [4.69, 9.17) is 10.5 Å². The van der Waals surface area contributed by atoms with Crippen LogP contribution in [0.15, 0.2) is 24.3 Å². The van der Waals surface area contributed by atoms with Crippen LogP contribution in [0.2, 0.25) is 0 Å². The van der Waals surface area contributed by atoms with Gasteiger partial charge in [-0.25, -0.2) is 0 Å². The van der Waals surface area contributed by atoms with Crippen molar-refractivity contribution in [3.05, 3.63) is 29.8 Å². The van der Waals surface area contributed by atoms with E-state index < -0.39 is 0 Å². The van der Waals surface area contributed by atoms with E-state index in [0.717, 1.165) is 37.2 Å². The van der Waals surface area contributed by atoms with Crippen molar-refractivity contribution in [3.63, 3.8) is 0 Å². The van der Waals surface area contributed by atoms with Crippen molar-refractivity contribution < 1.29 is 9.53 Å². The number of carbonyl (C=O) groups is 1. The highest BCUT2D eigenvalue weighted by molar-refractivity contribution is 5.85. The minimum atomic E-state index is -0.0357. The molecule has 2 aliphatic rings. The summed E-state index contributed by atoms with van der Waals surface area (Å²) in [5.41, 5.74) is 6.82. The third kappa shape index (κ3) is 2.91. The van der Waals surface area contributed by atoms with Crippen molar-refractivity contribution in [1.29, 1.82) is 0 Å². The average Bonchev–Trinajstić information content (AvgIpc) is 2.95. The Kier molecular flexibility index (Phi) is 4.89. The van der Waals surface area contributed by atoms with Crippen molar-refractivity contribution in [2.75, 3.05) is 26.2 Å². The Morgan fingerprint density at radius 3 is 2.95 bits per heavy atom. The highest BCUT2D eigenvalue weighted by Crippen LogP contribution is 2.28. The zero-order valence-electron chi connectivity index (χ0n) is 11.5. The summed E-state index contributed by atoms with van der Waals surface area (Å²) in [5, 5.41) is 0. The number of amides is 1. The summed E-state index contributed by atoms with van der Waals surface area (Å²) in [6.45, 7) is 2.83. The molecule has 110 valence electrons. The molecule has 2 unspecified atom stereocenters. The molecule has 0 bridgehead atoms. The molecule has 1 fully saturated rings. The molecule has 20 heavy (non-hydrogen) atoms. The van der Waals surface area contributed by atoms with Gasteiger partial charge in [-0.15, -0.1) is 12.4 Å². The number of hydrogen-bond donors (Lipinski definition) is 1. The normalized spacial score (nSPS) is 24.6. The van der Waals surface area contributed by atoms with Crippen LogP contribution >= 0.6 is 12.4 Å². The molecule has 2 heterocycles. The Balaban J connectivity index is 0.00000147. The molecule has 1 saturated heterocycles. The maximum atomic E-state index is 12.5.